The van der Waals surface area contributed by atoms with E-state index in [0.717, 1.165) is 6.42 Å². The summed E-state index contributed by atoms with van der Waals surface area (Å²) in [6.07, 6.45) is 9.77. The van der Waals surface area contributed by atoms with Crippen molar-refractivity contribution in [3.05, 3.63) is 34.3 Å². The minimum Gasteiger partial charge on any atom is -0.367 e. The highest BCUT2D eigenvalue weighted by Gasteiger charge is 2.14. The lowest BCUT2D eigenvalue weighted by Gasteiger charge is -2.17. The van der Waals surface area contributed by atoms with Gasteiger partial charge in [0.1, 0.15) is 7.05 Å². The zero-order valence-corrected chi connectivity index (χ0v) is 10.6. The monoisotopic (exact) mass is 239 g/mol. The van der Waals surface area contributed by atoms with Crippen LogP contribution in [0.3, 0.4) is 0 Å². The van der Waals surface area contributed by atoms with Crippen molar-refractivity contribution in [2.24, 2.45) is 7.05 Å². The van der Waals surface area contributed by atoms with Crippen LogP contribution in [0, 0.1) is 0 Å². The lowest BCUT2D eigenvalue weighted by molar-refractivity contribution is -0.668. The smallest absolute Gasteiger partial charge is 0.261 e. The summed E-state index contributed by atoms with van der Waals surface area (Å²) in [4.78, 5) is 2.25. The maximum absolute atomic E-state index is 2.26. The normalized spacial score (nSPS) is 20.7. The molecule has 1 unspecified atom stereocenters. The van der Waals surface area contributed by atoms with E-state index in [1.165, 1.54) is 5.01 Å². The van der Waals surface area contributed by atoms with Crippen molar-refractivity contribution in [1.29, 1.82) is 0 Å². The molecule has 0 amide bonds. The molecule has 80 valence electrons. The summed E-state index contributed by atoms with van der Waals surface area (Å²) in [5, 5.41) is 6.14. The zero-order chi connectivity index (χ0) is 10.7. The standard InChI is InChI=1S/C11H15N2S2/c1-12-6-8-14-10(12)4-3-5-11-13(2)7-9-15-11/h3-4,6-9,11H,5H2,1-2H3/q+1. The minimum atomic E-state index is 0.575. The van der Waals surface area contributed by atoms with Gasteiger partial charge in [-0.25, -0.2) is 0 Å². The molecule has 4 heteroatoms. The molecule has 1 aromatic rings. The number of hydrogen-bond donors (Lipinski definition) is 0. The molecule has 0 spiro atoms. The molecule has 1 aliphatic rings. The van der Waals surface area contributed by atoms with E-state index < -0.39 is 0 Å². The SMILES string of the molecule is CN1C=CSC1CC=Cc1scc[n+]1C. The molecule has 0 aliphatic carbocycles. The molecule has 15 heavy (non-hydrogen) atoms. The largest absolute Gasteiger partial charge is 0.367 e. The van der Waals surface area contributed by atoms with Crippen molar-refractivity contribution >= 4 is 29.2 Å². The van der Waals surface area contributed by atoms with Gasteiger partial charge >= 0.3 is 0 Å². The number of nitrogens with zero attached hydrogens (tertiary/aromatic N) is 2. The molecule has 1 atom stereocenters. The summed E-state index contributed by atoms with van der Waals surface area (Å²) in [5.41, 5.74) is 0. The maximum Gasteiger partial charge on any atom is 0.261 e. The average Bonchev–Trinajstić information content (AvgIpc) is 2.78. The first-order valence-electron chi connectivity index (χ1n) is 4.91. The van der Waals surface area contributed by atoms with Gasteiger partial charge in [0.05, 0.1) is 10.8 Å². The number of aryl methyl sites for hydroxylation is 1. The van der Waals surface area contributed by atoms with Gasteiger partial charge in [-0.05, 0) is 11.8 Å². The van der Waals surface area contributed by atoms with Crippen molar-refractivity contribution in [2.75, 3.05) is 7.05 Å². The van der Waals surface area contributed by atoms with Gasteiger partial charge in [-0.1, -0.05) is 17.4 Å². The Morgan fingerprint density at radius 3 is 3.07 bits per heavy atom. The lowest BCUT2D eigenvalue weighted by atomic mass is 10.3. The Morgan fingerprint density at radius 1 is 1.60 bits per heavy atom. The molecular weight excluding hydrogens is 224 g/mol. The van der Waals surface area contributed by atoms with Crippen LogP contribution in [0.4, 0.5) is 0 Å². The molecule has 1 aliphatic heterocycles. The van der Waals surface area contributed by atoms with Crippen LogP contribution in [0.25, 0.3) is 6.08 Å². The summed E-state index contributed by atoms with van der Waals surface area (Å²) < 4.78 is 2.14. The predicted molar refractivity (Wildman–Crippen MR) is 67.4 cm³/mol. The maximum atomic E-state index is 2.26. The van der Waals surface area contributed by atoms with Gasteiger partial charge in [0.2, 0.25) is 0 Å². The van der Waals surface area contributed by atoms with Gasteiger partial charge < -0.3 is 4.90 Å². The first-order valence-corrected chi connectivity index (χ1v) is 6.73. The molecule has 0 N–H and O–H groups in total. The number of rotatable bonds is 3. The van der Waals surface area contributed by atoms with Crippen LogP contribution in [0.1, 0.15) is 11.4 Å². The number of hydrogen-bond acceptors (Lipinski definition) is 3. The topological polar surface area (TPSA) is 7.12 Å². The summed E-state index contributed by atoms with van der Waals surface area (Å²) >= 11 is 3.66. The fourth-order valence-corrected chi connectivity index (χ4v) is 3.14. The van der Waals surface area contributed by atoms with Crippen molar-refractivity contribution < 1.29 is 4.57 Å². The Balaban J connectivity index is 1.88. The molecule has 0 aromatic carbocycles. The van der Waals surface area contributed by atoms with Crippen molar-refractivity contribution in [3.8, 4) is 0 Å². The van der Waals surface area contributed by atoms with E-state index in [9.17, 15) is 0 Å². The Morgan fingerprint density at radius 2 is 2.47 bits per heavy atom. The molecule has 0 saturated carbocycles. The van der Waals surface area contributed by atoms with Crippen LogP contribution in [0.2, 0.25) is 0 Å². The average molecular weight is 239 g/mol. The Labute approximate surface area is 98.9 Å². The Hall–Kier alpha value is -0.740. The molecule has 2 nitrogen and oxygen atoms in total. The van der Waals surface area contributed by atoms with E-state index in [-0.39, 0.29) is 0 Å². The van der Waals surface area contributed by atoms with E-state index in [0.29, 0.717) is 5.37 Å². The highest BCUT2D eigenvalue weighted by molar-refractivity contribution is 8.02. The Bertz CT molecular complexity index is 382. The molecule has 0 saturated heterocycles. The number of thiazole rings is 1. The summed E-state index contributed by atoms with van der Waals surface area (Å²) in [5.74, 6) is 0. The molecule has 0 radical (unpaired) electrons. The predicted octanol–water partition coefficient (Wildman–Crippen LogP) is 2.45. The van der Waals surface area contributed by atoms with Crippen molar-refractivity contribution in [2.45, 2.75) is 11.8 Å². The highest BCUT2D eigenvalue weighted by Crippen LogP contribution is 2.26. The van der Waals surface area contributed by atoms with Gasteiger partial charge in [0.15, 0.2) is 6.20 Å². The molecule has 0 bridgehead atoms. The summed E-state index contributed by atoms with van der Waals surface area (Å²) in [7, 11) is 4.20. The van der Waals surface area contributed by atoms with E-state index in [1.807, 2.05) is 11.8 Å². The van der Waals surface area contributed by atoms with Gasteiger partial charge in [-0.2, -0.15) is 4.57 Å². The lowest BCUT2D eigenvalue weighted by Crippen LogP contribution is -2.27. The molecule has 0 fully saturated rings. The van der Waals surface area contributed by atoms with Crippen LogP contribution in [0.5, 0.6) is 0 Å². The molecule has 1 aromatic heterocycles. The third kappa shape index (κ3) is 2.63. The third-order valence-corrected chi connectivity index (χ3v) is 4.45. The van der Waals surface area contributed by atoms with Crippen LogP contribution < -0.4 is 4.57 Å². The van der Waals surface area contributed by atoms with E-state index in [1.54, 1.807) is 11.3 Å². The second kappa shape index (κ2) is 4.86. The molecule has 2 rings (SSSR count). The van der Waals surface area contributed by atoms with Gasteiger partial charge in [-0.15, -0.1) is 11.8 Å². The number of thioether (sulfide) groups is 1. The Kier molecular flexibility index (Phi) is 3.49. The van der Waals surface area contributed by atoms with Crippen LogP contribution in [0.15, 0.2) is 29.3 Å². The fraction of sp³-hybridized carbons (Fsp3) is 0.364. The second-order valence-electron chi connectivity index (χ2n) is 3.53. The van der Waals surface area contributed by atoms with Crippen LogP contribution >= 0.6 is 23.1 Å². The number of aromatic nitrogens is 1. The van der Waals surface area contributed by atoms with E-state index in [2.05, 4.69) is 58.9 Å². The third-order valence-electron chi connectivity index (χ3n) is 2.40. The molecule has 2 heterocycles. The zero-order valence-electron chi connectivity index (χ0n) is 8.96. The second-order valence-corrected chi connectivity index (χ2v) is 5.55. The van der Waals surface area contributed by atoms with E-state index >= 15 is 0 Å². The van der Waals surface area contributed by atoms with Gasteiger partial charge in [0, 0.05) is 19.3 Å². The van der Waals surface area contributed by atoms with E-state index in [4.69, 9.17) is 0 Å². The quantitative estimate of drug-likeness (QED) is 0.748. The highest BCUT2D eigenvalue weighted by atomic mass is 32.2. The van der Waals surface area contributed by atoms with Crippen LogP contribution in [-0.4, -0.2) is 17.3 Å². The first-order chi connectivity index (χ1) is 7.27. The van der Waals surface area contributed by atoms with Crippen LogP contribution in [-0.2, 0) is 7.05 Å². The minimum absolute atomic E-state index is 0.575. The summed E-state index contributed by atoms with van der Waals surface area (Å²) in [6.45, 7) is 0. The molecular formula is C11H15N2S2+. The van der Waals surface area contributed by atoms with Gasteiger partial charge in [0.25, 0.3) is 5.01 Å². The summed E-state index contributed by atoms with van der Waals surface area (Å²) in [6, 6.07) is 0. The van der Waals surface area contributed by atoms with Crippen molar-refractivity contribution in [1.82, 2.24) is 4.90 Å². The van der Waals surface area contributed by atoms with Gasteiger partial charge in [-0.3, -0.25) is 0 Å². The fourth-order valence-electron chi connectivity index (χ4n) is 1.43. The first kappa shape index (κ1) is 10.8. The van der Waals surface area contributed by atoms with Crippen molar-refractivity contribution in [3.63, 3.8) is 0 Å².